The summed E-state index contributed by atoms with van der Waals surface area (Å²) in [4.78, 5) is 10.8. The first-order chi connectivity index (χ1) is 57.0. The molecule has 0 fully saturated rings. The highest BCUT2D eigenvalue weighted by atomic mass is 32.1. The van der Waals surface area contributed by atoms with Crippen molar-refractivity contribution < 1.29 is 13.6 Å². The van der Waals surface area contributed by atoms with Crippen molar-refractivity contribution in [3.05, 3.63) is 289 Å². The van der Waals surface area contributed by atoms with Crippen LogP contribution in [-0.4, -0.2) is 21.8 Å². The number of thiophene rings is 2. The number of hydrogen-bond donors (Lipinski definition) is 0. The van der Waals surface area contributed by atoms with E-state index in [9.17, 15) is 0 Å². The van der Waals surface area contributed by atoms with Crippen LogP contribution >= 0.6 is 22.7 Å². The van der Waals surface area contributed by atoms with Gasteiger partial charge in [-0.1, -0.05) is 252 Å². The predicted octanol–water partition coefficient (Wildman–Crippen LogP) is 26.5. The van der Waals surface area contributed by atoms with E-state index in [-0.39, 0.29) is 35.4 Å². The lowest BCUT2D eigenvalue weighted by molar-refractivity contribution is 0.332. The largest absolute Gasteiger partial charge is 0.456 e. The van der Waals surface area contributed by atoms with Gasteiger partial charge in [0.15, 0.2) is 11.3 Å². The minimum atomic E-state index is -2.32. The van der Waals surface area contributed by atoms with Gasteiger partial charge in [0.05, 0.1) is 39.1 Å². The van der Waals surface area contributed by atoms with Crippen molar-refractivity contribution >= 4 is 196 Å². The normalized spacial score (nSPS) is 15.9. The molecule has 0 unspecified atom stereocenters. The summed E-state index contributed by atoms with van der Waals surface area (Å²) in [6.07, 6.45) is 2.27. The maximum atomic E-state index is 7.89. The van der Waals surface area contributed by atoms with Crippen LogP contribution in [0.5, 0.6) is 11.5 Å². The summed E-state index contributed by atoms with van der Waals surface area (Å²) in [5.41, 5.74) is 34.7. The summed E-state index contributed by atoms with van der Waals surface area (Å²) in [5, 5.41) is 11.1. The molecule has 0 saturated carbocycles. The van der Waals surface area contributed by atoms with E-state index < -0.39 is 8.07 Å². The quantitative estimate of drug-likeness (QED) is 0.159. The fraction of sp³-hybridized carbons (Fsp3) is 0.170. The molecule has 7 nitrogen and oxygen atoms in total. The van der Waals surface area contributed by atoms with Crippen molar-refractivity contribution in [1.82, 2.24) is 0 Å². The minimum absolute atomic E-state index is 0.00857. The van der Waals surface area contributed by atoms with Crippen LogP contribution in [0, 0.1) is 0 Å². The number of anilines is 10. The zero-order valence-electron chi connectivity index (χ0n) is 68.3. The highest BCUT2D eigenvalue weighted by Gasteiger charge is 2.55. The zero-order chi connectivity index (χ0) is 79.4. The molecule has 0 bridgehead atoms. The smallest absolute Gasteiger partial charge is 0.343 e. The van der Waals surface area contributed by atoms with Gasteiger partial charge in [-0.2, -0.15) is 0 Å². The van der Waals surface area contributed by atoms with Gasteiger partial charge in [-0.3, -0.25) is 4.90 Å². The summed E-state index contributed by atoms with van der Waals surface area (Å²) in [6.45, 7) is 28.6. The first kappa shape index (κ1) is 69.1. The van der Waals surface area contributed by atoms with Crippen molar-refractivity contribution in [1.29, 1.82) is 0 Å². The Hall–Kier alpha value is -12.1. The zero-order valence-corrected chi connectivity index (χ0v) is 70.9. The van der Waals surface area contributed by atoms with E-state index in [2.05, 4.69) is 369 Å². The van der Waals surface area contributed by atoms with Crippen molar-refractivity contribution in [2.75, 3.05) is 19.4 Å². The van der Waals surface area contributed by atoms with E-state index in [1.807, 2.05) is 22.7 Å². The third-order valence-corrected chi connectivity index (χ3v) is 33.8. The number of hydrogen-bond acceptors (Lipinski definition) is 9. The molecule has 10 heterocycles. The Morgan fingerprint density at radius 2 is 1.00 bits per heavy atom. The molecule has 4 aromatic heterocycles. The molecule has 6 aliphatic heterocycles. The Morgan fingerprint density at radius 1 is 0.373 bits per heavy atom. The first-order valence-corrected chi connectivity index (χ1v) is 46.6. The second kappa shape index (κ2) is 23.7. The highest BCUT2D eigenvalue weighted by Crippen LogP contribution is 2.62. The molecule has 0 spiro atoms. The predicted molar refractivity (Wildman–Crippen MR) is 505 cm³/mol. The van der Waals surface area contributed by atoms with Crippen LogP contribution in [0.3, 0.4) is 0 Å². The summed E-state index contributed by atoms with van der Waals surface area (Å²) >= 11 is 3.89. The van der Waals surface area contributed by atoms with Gasteiger partial charge in [-0.15, -0.1) is 22.7 Å². The number of ether oxygens (including phenoxy) is 1. The maximum Gasteiger partial charge on any atom is 0.343 e. The topological polar surface area (TPSA) is 48.5 Å². The molecular formula is C106H84B2N4O3S2Si. The van der Waals surface area contributed by atoms with Gasteiger partial charge in [0.25, 0.3) is 0 Å². The monoisotopic (exact) mass is 1570 g/mol. The number of furan rings is 2. The molecule has 0 amide bonds. The van der Waals surface area contributed by atoms with Crippen molar-refractivity contribution in [3.63, 3.8) is 0 Å². The average molecular weight is 1580 g/mol. The van der Waals surface area contributed by atoms with Crippen LogP contribution in [0.2, 0.25) is 13.1 Å². The Kier molecular flexibility index (Phi) is 13.9. The van der Waals surface area contributed by atoms with E-state index in [4.69, 9.17) is 13.6 Å². The number of benzene rings is 14. The van der Waals surface area contributed by atoms with Crippen LogP contribution in [0.25, 0.3) is 120 Å². The summed E-state index contributed by atoms with van der Waals surface area (Å²) in [6, 6.07) is 102. The third-order valence-electron chi connectivity index (χ3n) is 27.9. The number of fused-ring (bicyclic) bond motifs is 25. The van der Waals surface area contributed by atoms with E-state index in [0.29, 0.717) is 0 Å². The standard InChI is InChI=1S/C106H84B2N4O3S2Si/c1-103(2,3)63-43-45-77(69(53-63)59-27-15-13-16-28-59)109-81-58-86-91(66-31-19-22-36-82(66)113-86)92-68-34-25-37-85-96(68)112(108(95(81)92)101-98(109)67-32-20-23-38-87(67)116-101)80-52-62(42-48-84(80)114-85)61-41-47-83-71(51-61)73-55-72-65-33-26-40-90-97(65)111(79-35-21-24-39-89(79)118(90,11)12)107-93(72)99(100(73)115-83)110(78-46-44-64(104(4,5)6)54-70(78)60-29-17-14-18-30-60)102-94(107)74-56-75-76(57-88(74)117-102)106(9,10)50-49-105(75,7)8/h13-48,51-58H,49-50H2,1-12H3. The molecule has 0 radical (unpaired) electrons. The highest BCUT2D eigenvalue weighted by molar-refractivity contribution is 7.32. The molecule has 0 atom stereocenters. The Balaban J connectivity index is 0.741. The second-order valence-corrected chi connectivity index (χ2v) is 44.5. The van der Waals surface area contributed by atoms with Crippen molar-refractivity contribution in [3.8, 4) is 67.1 Å². The molecule has 14 aromatic carbocycles. The van der Waals surface area contributed by atoms with Crippen LogP contribution in [0.1, 0.15) is 104 Å². The first-order valence-electron chi connectivity index (χ1n) is 42.0. The van der Waals surface area contributed by atoms with Gasteiger partial charge in [0.1, 0.15) is 30.6 Å². The van der Waals surface area contributed by atoms with E-state index in [0.717, 1.165) is 119 Å². The Morgan fingerprint density at radius 3 is 1.75 bits per heavy atom. The summed E-state index contributed by atoms with van der Waals surface area (Å²) in [5.74, 6) is 1.64. The summed E-state index contributed by atoms with van der Waals surface area (Å²) in [7, 11) is -2.32. The van der Waals surface area contributed by atoms with E-state index in [1.54, 1.807) is 0 Å². The number of para-hydroxylation sites is 4. The molecule has 118 heavy (non-hydrogen) atoms. The molecule has 1 aliphatic carbocycles. The maximum absolute atomic E-state index is 7.89. The average Bonchev–Trinajstić information content (AvgIpc) is 1.30. The van der Waals surface area contributed by atoms with Crippen LogP contribution in [0.15, 0.2) is 276 Å². The number of nitrogens with zero attached hydrogens (tertiary/aromatic N) is 4. The molecule has 25 rings (SSSR count). The SMILES string of the molecule is CC(C)(C)c1ccc(N2c3cc4oc5ccccc5c4c4c3B(c3sc5ccccc5c32)N2c3cc(-c5ccc6oc7c8c9c(cc7c6c5)-c5cccc6c5N(B9c5c(sc7cc9c(cc57)C(C)(C)CCC9(C)C)N8c5ccc(C(C)(C)C)cc5-c5ccccc5)c5ccccc5[Si]6(C)C)ccc3Oc3cccc-4c32)c(-c2ccccc2)c1. The van der Waals surface area contributed by atoms with Gasteiger partial charge < -0.3 is 28.1 Å². The molecular weight excluding hydrogens is 1490 g/mol. The van der Waals surface area contributed by atoms with Gasteiger partial charge in [0, 0.05) is 86.5 Å². The lowest BCUT2D eigenvalue weighted by Crippen LogP contribution is -2.68. The molecule has 12 heteroatoms. The van der Waals surface area contributed by atoms with Crippen LogP contribution < -0.4 is 55.7 Å². The fourth-order valence-corrected chi connectivity index (χ4v) is 27.5. The second-order valence-electron chi connectivity index (χ2n) is 38.0. The van der Waals surface area contributed by atoms with E-state index in [1.165, 1.54) is 135 Å². The fourth-order valence-electron chi connectivity index (χ4n) is 21.9. The molecule has 18 aromatic rings. The molecule has 7 aliphatic rings. The molecule has 0 N–H and O–H groups in total. The van der Waals surface area contributed by atoms with Crippen LogP contribution in [-0.2, 0) is 21.7 Å². The molecule has 0 saturated heterocycles. The van der Waals surface area contributed by atoms with Crippen molar-refractivity contribution in [2.45, 2.75) is 117 Å². The van der Waals surface area contributed by atoms with Gasteiger partial charge in [-0.05, 0) is 213 Å². The van der Waals surface area contributed by atoms with Gasteiger partial charge in [0.2, 0.25) is 0 Å². The minimum Gasteiger partial charge on any atom is -0.456 e. The third kappa shape index (κ3) is 9.31. The Labute approximate surface area is 697 Å². The number of rotatable bonds is 5. The van der Waals surface area contributed by atoms with Gasteiger partial charge >= 0.3 is 13.7 Å². The van der Waals surface area contributed by atoms with Crippen LogP contribution in [0.4, 0.5) is 56.2 Å². The van der Waals surface area contributed by atoms with Gasteiger partial charge in [-0.25, -0.2) is 0 Å². The van der Waals surface area contributed by atoms with E-state index >= 15 is 0 Å². The Bertz CT molecular complexity index is 7540. The lowest BCUT2D eigenvalue weighted by atomic mass is 9.43. The summed E-state index contributed by atoms with van der Waals surface area (Å²) < 4.78 is 26.3. The van der Waals surface area contributed by atoms with Crippen molar-refractivity contribution in [2.24, 2.45) is 0 Å². The molecule has 568 valence electrons. The lowest BCUT2D eigenvalue weighted by Gasteiger charge is -2.50.